The molecule has 29 heavy (non-hydrogen) atoms. The van der Waals surface area contributed by atoms with Crippen LogP contribution in [0.25, 0.3) is 0 Å². The molecule has 0 unspecified atom stereocenters. The molecule has 0 atom stereocenters. The maximum atomic E-state index is 13.4. The topological polar surface area (TPSA) is 66.9 Å². The SMILES string of the molecule is COc1ccccc1N(CC(=O)N1CCc2ccccc21)S(=O)(=O)c1cccs1. The lowest BCUT2D eigenvalue weighted by Crippen LogP contribution is -2.42. The quantitative estimate of drug-likeness (QED) is 0.602. The summed E-state index contributed by atoms with van der Waals surface area (Å²) in [6, 6.07) is 17.7. The second-order valence-corrected chi connectivity index (χ2v) is 9.58. The third-order valence-electron chi connectivity index (χ3n) is 4.86. The molecule has 1 amide bonds. The predicted octanol–water partition coefficient (Wildman–Crippen LogP) is 3.54. The molecule has 1 aliphatic heterocycles. The van der Waals surface area contributed by atoms with Crippen molar-refractivity contribution in [3.05, 3.63) is 71.6 Å². The molecule has 4 rings (SSSR count). The van der Waals surface area contributed by atoms with Gasteiger partial charge in [0.15, 0.2) is 0 Å². The minimum Gasteiger partial charge on any atom is -0.495 e. The van der Waals surface area contributed by atoms with Crippen molar-refractivity contribution in [2.24, 2.45) is 0 Å². The molecule has 0 bridgehead atoms. The fraction of sp³-hybridized carbons (Fsp3) is 0.190. The molecule has 3 aromatic rings. The highest BCUT2D eigenvalue weighted by Gasteiger charge is 2.33. The largest absolute Gasteiger partial charge is 0.495 e. The summed E-state index contributed by atoms with van der Waals surface area (Å²) >= 11 is 1.12. The van der Waals surface area contributed by atoms with Gasteiger partial charge in [0.2, 0.25) is 5.91 Å². The van der Waals surface area contributed by atoms with E-state index in [0.29, 0.717) is 18.0 Å². The number of sulfonamides is 1. The van der Waals surface area contributed by atoms with Crippen LogP contribution in [0.5, 0.6) is 5.75 Å². The summed E-state index contributed by atoms with van der Waals surface area (Å²) in [6.45, 7) is 0.228. The number of nitrogens with zero attached hydrogens (tertiary/aromatic N) is 2. The first kappa shape index (κ1) is 19.5. The van der Waals surface area contributed by atoms with E-state index in [1.54, 1.807) is 40.6 Å². The number of methoxy groups -OCH3 is 1. The van der Waals surface area contributed by atoms with Gasteiger partial charge in [-0.05, 0) is 41.6 Å². The number of carbonyl (C=O) groups excluding carboxylic acids is 1. The van der Waals surface area contributed by atoms with Crippen LogP contribution in [-0.4, -0.2) is 34.5 Å². The Bertz CT molecular complexity index is 1130. The molecule has 0 saturated heterocycles. The van der Waals surface area contributed by atoms with Crippen molar-refractivity contribution >= 4 is 38.6 Å². The normalized spacial score (nSPS) is 13.2. The highest BCUT2D eigenvalue weighted by atomic mass is 32.2. The van der Waals surface area contributed by atoms with Crippen LogP contribution >= 0.6 is 11.3 Å². The molecule has 6 nitrogen and oxygen atoms in total. The molecule has 2 aromatic carbocycles. The summed E-state index contributed by atoms with van der Waals surface area (Å²) in [5.74, 6) is 0.114. The summed E-state index contributed by atoms with van der Waals surface area (Å²) in [5, 5.41) is 1.70. The highest BCUT2D eigenvalue weighted by molar-refractivity contribution is 7.94. The Kier molecular flexibility index (Phi) is 5.29. The van der Waals surface area contributed by atoms with E-state index < -0.39 is 10.0 Å². The van der Waals surface area contributed by atoms with Crippen LogP contribution in [0.4, 0.5) is 11.4 Å². The lowest BCUT2D eigenvalue weighted by Gasteiger charge is -2.27. The molecule has 1 aromatic heterocycles. The summed E-state index contributed by atoms with van der Waals surface area (Å²) in [5.41, 5.74) is 2.26. The molecular weight excluding hydrogens is 408 g/mol. The van der Waals surface area contributed by atoms with E-state index in [-0.39, 0.29) is 16.7 Å². The van der Waals surface area contributed by atoms with Gasteiger partial charge in [-0.1, -0.05) is 36.4 Å². The number of para-hydroxylation sites is 3. The lowest BCUT2D eigenvalue weighted by atomic mass is 10.2. The number of amides is 1. The molecule has 0 N–H and O–H groups in total. The van der Waals surface area contributed by atoms with Crippen molar-refractivity contribution in [3.8, 4) is 5.75 Å². The Morgan fingerprint density at radius 3 is 2.62 bits per heavy atom. The maximum absolute atomic E-state index is 13.4. The van der Waals surface area contributed by atoms with Gasteiger partial charge in [0.05, 0.1) is 12.8 Å². The highest BCUT2D eigenvalue weighted by Crippen LogP contribution is 2.34. The van der Waals surface area contributed by atoms with Gasteiger partial charge in [0.25, 0.3) is 10.0 Å². The first-order chi connectivity index (χ1) is 14.0. The number of rotatable bonds is 6. The van der Waals surface area contributed by atoms with E-state index in [1.165, 1.54) is 13.2 Å². The number of ether oxygens (including phenoxy) is 1. The Hall–Kier alpha value is -2.84. The molecule has 150 valence electrons. The van der Waals surface area contributed by atoms with Gasteiger partial charge >= 0.3 is 0 Å². The average molecular weight is 429 g/mol. The number of thiophene rings is 1. The van der Waals surface area contributed by atoms with Crippen molar-refractivity contribution in [2.45, 2.75) is 10.6 Å². The van der Waals surface area contributed by atoms with E-state index in [0.717, 1.165) is 33.3 Å². The van der Waals surface area contributed by atoms with E-state index in [9.17, 15) is 13.2 Å². The molecule has 2 heterocycles. The first-order valence-corrected chi connectivity index (χ1v) is 11.4. The standard InChI is InChI=1S/C21H20N2O4S2/c1-27-19-10-5-4-9-18(19)23(29(25,26)21-11-6-14-28-21)15-20(24)22-13-12-16-7-2-3-8-17(16)22/h2-11,14H,12-13,15H2,1H3. The average Bonchev–Trinajstić information content (AvgIpc) is 3.42. The van der Waals surface area contributed by atoms with E-state index in [4.69, 9.17) is 4.74 Å². The predicted molar refractivity (Wildman–Crippen MR) is 114 cm³/mol. The monoisotopic (exact) mass is 428 g/mol. The van der Waals surface area contributed by atoms with E-state index >= 15 is 0 Å². The minimum atomic E-state index is -3.92. The fourth-order valence-corrected chi connectivity index (χ4v) is 5.99. The first-order valence-electron chi connectivity index (χ1n) is 9.10. The Morgan fingerprint density at radius 2 is 1.86 bits per heavy atom. The molecule has 1 aliphatic rings. The van der Waals surface area contributed by atoms with Crippen molar-refractivity contribution < 1.29 is 17.9 Å². The number of anilines is 2. The molecule has 0 spiro atoms. The fourth-order valence-electron chi connectivity index (χ4n) is 3.46. The second kappa shape index (κ2) is 7.88. The van der Waals surface area contributed by atoms with Crippen LogP contribution < -0.4 is 13.9 Å². The van der Waals surface area contributed by atoms with Crippen LogP contribution in [0.1, 0.15) is 5.56 Å². The number of benzene rings is 2. The van der Waals surface area contributed by atoms with Crippen LogP contribution in [0.15, 0.2) is 70.3 Å². The van der Waals surface area contributed by atoms with Gasteiger partial charge < -0.3 is 9.64 Å². The van der Waals surface area contributed by atoms with Crippen LogP contribution in [0.3, 0.4) is 0 Å². The number of hydrogen-bond acceptors (Lipinski definition) is 5. The molecule has 0 fully saturated rings. The summed E-state index contributed by atoms with van der Waals surface area (Å²) in [7, 11) is -2.44. The van der Waals surface area contributed by atoms with Gasteiger partial charge in [0.1, 0.15) is 16.5 Å². The molecule has 8 heteroatoms. The van der Waals surface area contributed by atoms with Crippen molar-refractivity contribution in [1.82, 2.24) is 0 Å². The Morgan fingerprint density at radius 1 is 1.10 bits per heavy atom. The van der Waals surface area contributed by atoms with Gasteiger partial charge in [-0.25, -0.2) is 8.42 Å². The Labute approximate surface area is 174 Å². The van der Waals surface area contributed by atoms with E-state index in [1.807, 2.05) is 24.3 Å². The number of carbonyl (C=O) groups is 1. The molecule has 0 aliphatic carbocycles. The van der Waals surface area contributed by atoms with Crippen LogP contribution in [0.2, 0.25) is 0 Å². The zero-order chi connectivity index (χ0) is 20.4. The second-order valence-electron chi connectivity index (χ2n) is 6.54. The summed E-state index contributed by atoms with van der Waals surface area (Å²) in [6.07, 6.45) is 0.758. The third-order valence-corrected chi connectivity index (χ3v) is 7.99. The lowest BCUT2D eigenvalue weighted by molar-refractivity contribution is -0.117. The number of hydrogen-bond donors (Lipinski definition) is 0. The molecule has 0 radical (unpaired) electrons. The van der Waals surface area contributed by atoms with Gasteiger partial charge in [0, 0.05) is 12.2 Å². The van der Waals surface area contributed by atoms with Crippen molar-refractivity contribution in [3.63, 3.8) is 0 Å². The van der Waals surface area contributed by atoms with Gasteiger partial charge in [-0.2, -0.15) is 0 Å². The smallest absolute Gasteiger partial charge is 0.274 e. The molecular formula is C21H20N2O4S2. The van der Waals surface area contributed by atoms with Crippen LogP contribution in [0, 0.1) is 0 Å². The zero-order valence-electron chi connectivity index (χ0n) is 15.8. The number of fused-ring (bicyclic) bond motifs is 1. The zero-order valence-corrected chi connectivity index (χ0v) is 17.4. The molecule has 0 saturated carbocycles. The van der Waals surface area contributed by atoms with Crippen LogP contribution in [-0.2, 0) is 21.2 Å². The van der Waals surface area contributed by atoms with Crippen molar-refractivity contribution in [2.75, 3.05) is 29.4 Å². The Balaban J connectivity index is 1.73. The van der Waals surface area contributed by atoms with E-state index in [2.05, 4.69) is 0 Å². The maximum Gasteiger partial charge on any atom is 0.274 e. The third kappa shape index (κ3) is 3.61. The minimum absolute atomic E-state index is 0.179. The summed E-state index contributed by atoms with van der Waals surface area (Å²) in [4.78, 5) is 14.8. The van der Waals surface area contributed by atoms with Crippen molar-refractivity contribution in [1.29, 1.82) is 0 Å². The summed E-state index contributed by atoms with van der Waals surface area (Å²) < 4.78 is 33.4. The van der Waals surface area contributed by atoms with Gasteiger partial charge in [-0.15, -0.1) is 11.3 Å². The van der Waals surface area contributed by atoms with Gasteiger partial charge in [-0.3, -0.25) is 9.10 Å².